The molecule has 1 fully saturated rings. The van der Waals surface area contributed by atoms with Gasteiger partial charge in [-0.25, -0.2) is 4.68 Å². The lowest BCUT2D eigenvalue weighted by Gasteiger charge is -2.41. The van der Waals surface area contributed by atoms with Gasteiger partial charge in [-0.1, -0.05) is 18.2 Å². The highest BCUT2D eigenvalue weighted by molar-refractivity contribution is 5.31. The number of aromatic nitrogens is 2. The van der Waals surface area contributed by atoms with Crippen LogP contribution in [0.15, 0.2) is 42.7 Å². The average molecular weight is 284 g/mol. The summed E-state index contributed by atoms with van der Waals surface area (Å²) in [4.78, 5) is 2.56. The van der Waals surface area contributed by atoms with Crippen LogP contribution in [0, 0.1) is 0 Å². The highest BCUT2D eigenvalue weighted by Gasteiger charge is 2.27. The molecule has 1 aromatic heterocycles. The molecule has 1 aromatic carbocycles. The van der Waals surface area contributed by atoms with Gasteiger partial charge in [0.1, 0.15) is 0 Å². The van der Waals surface area contributed by atoms with Gasteiger partial charge in [-0.3, -0.25) is 4.90 Å². The van der Waals surface area contributed by atoms with Crippen molar-refractivity contribution in [1.82, 2.24) is 20.0 Å². The molecule has 4 nitrogen and oxygen atoms in total. The molecule has 2 aromatic rings. The average Bonchev–Trinajstić information content (AvgIpc) is 3.00. The zero-order valence-electron chi connectivity index (χ0n) is 13.0. The topological polar surface area (TPSA) is 33.1 Å². The van der Waals surface area contributed by atoms with Crippen LogP contribution in [0.25, 0.3) is 5.69 Å². The molecule has 0 spiro atoms. The number of hydrogen-bond donors (Lipinski definition) is 1. The van der Waals surface area contributed by atoms with E-state index in [-0.39, 0.29) is 0 Å². The molecule has 1 N–H and O–H groups in total. The molecular weight excluding hydrogens is 260 g/mol. The first-order chi connectivity index (χ1) is 10.1. The molecule has 3 unspecified atom stereocenters. The lowest BCUT2D eigenvalue weighted by molar-refractivity contribution is 0.103. The van der Waals surface area contributed by atoms with E-state index in [2.05, 4.69) is 54.4 Å². The lowest BCUT2D eigenvalue weighted by atomic mass is 10.0. The Labute approximate surface area is 126 Å². The zero-order chi connectivity index (χ0) is 14.8. The second kappa shape index (κ2) is 6.00. The van der Waals surface area contributed by atoms with Gasteiger partial charge in [-0.2, -0.15) is 5.10 Å². The van der Waals surface area contributed by atoms with E-state index in [0.717, 1.165) is 18.8 Å². The Morgan fingerprint density at radius 3 is 2.76 bits per heavy atom. The Kier molecular flexibility index (Phi) is 4.08. The zero-order valence-corrected chi connectivity index (χ0v) is 13.0. The maximum Gasteiger partial charge on any atom is 0.0645 e. The van der Waals surface area contributed by atoms with Crippen LogP contribution in [0.1, 0.15) is 32.4 Å². The third-order valence-corrected chi connectivity index (χ3v) is 4.42. The molecular formula is C17H24N4. The van der Waals surface area contributed by atoms with E-state index in [1.54, 1.807) is 0 Å². The van der Waals surface area contributed by atoms with Crippen molar-refractivity contribution >= 4 is 0 Å². The van der Waals surface area contributed by atoms with Crippen LogP contribution in [0.2, 0.25) is 0 Å². The number of rotatable bonds is 3. The quantitative estimate of drug-likeness (QED) is 0.940. The molecule has 4 heteroatoms. The van der Waals surface area contributed by atoms with Crippen LogP contribution >= 0.6 is 0 Å². The maximum absolute atomic E-state index is 4.52. The third-order valence-electron chi connectivity index (χ3n) is 4.42. The summed E-state index contributed by atoms with van der Waals surface area (Å²) in [5, 5.41) is 8.06. The number of para-hydroxylation sites is 1. The summed E-state index contributed by atoms with van der Waals surface area (Å²) in [6.07, 6.45) is 4.15. The number of nitrogens with one attached hydrogen (secondary N) is 1. The summed E-state index contributed by atoms with van der Waals surface area (Å²) in [7, 11) is 0. The van der Waals surface area contributed by atoms with Crippen molar-refractivity contribution in [3.63, 3.8) is 0 Å². The van der Waals surface area contributed by atoms with Gasteiger partial charge in [0.25, 0.3) is 0 Å². The minimum Gasteiger partial charge on any atom is -0.311 e. The van der Waals surface area contributed by atoms with Crippen molar-refractivity contribution in [3.05, 3.63) is 48.3 Å². The van der Waals surface area contributed by atoms with Gasteiger partial charge in [0.2, 0.25) is 0 Å². The lowest BCUT2D eigenvalue weighted by Crippen LogP contribution is -2.54. The van der Waals surface area contributed by atoms with E-state index >= 15 is 0 Å². The molecule has 0 amide bonds. The van der Waals surface area contributed by atoms with Gasteiger partial charge in [0.15, 0.2) is 0 Å². The Balaban J connectivity index is 1.79. The van der Waals surface area contributed by atoms with Crippen molar-refractivity contribution in [2.24, 2.45) is 0 Å². The van der Waals surface area contributed by atoms with E-state index in [4.69, 9.17) is 0 Å². The third kappa shape index (κ3) is 3.01. The van der Waals surface area contributed by atoms with E-state index in [1.807, 2.05) is 29.1 Å². The fourth-order valence-corrected chi connectivity index (χ4v) is 3.06. The summed E-state index contributed by atoms with van der Waals surface area (Å²) in [5.74, 6) is 0. The Bertz CT molecular complexity index is 577. The van der Waals surface area contributed by atoms with Gasteiger partial charge in [0.05, 0.1) is 11.9 Å². The molecule has 2 heterocycles. The van der Waals surface area contributed by atoms with Crippen LogP contribution in [0.5, 0.6) is 0 Å². The molecule has 0 radical (unpaired) electrons. The van der Waals surface area contributed by atoms with Crippen molar-refractivity contribution in [2.75, 3.05) is 13.1 Å². The Morgan fingerprint density at radius 2 is 2.00 bits per heavy atom. The number of piperazine rings is 1. The van der Waals surface area contributed by atoms with Gasteiger partial charge < -0.3 is 5.32 Å². The summed E-state index contributed by atoms with van der Waals surface area (Å²) in [6.45, 7) is 8.95. The van der Waals surface area contributed by atoms with Gasteiger partial charge in [-0.05, 0) is 32.9 Å². The molecule has 1 saturated heterocycles. The molecule has 0 bridgehead atoms. The first-order valence-corrected chi connectivity index (χ1v) is 7.74. The second-order valence-corrected chi connectivity index (χ2v) is 6.08. The minimum atomic E-state index is 0.391. The Hall–Kier alpha value is -1.65. The molecule has 1 aliphatic heterocycles. The molecule has 3 rings (SSSR count). The smallest absolute Gasteiger partial charge is 0.0645 e. The van der Waals surface area contributed by atoms with Gasteiger partial charge in [-0.15, -0.1) is 0 Å². The molecule has 21 heavy (non-hydrogen) atoms. The van der Waals surface area contributed by atoms with Crippen LogP contribution in [-0.4, -0.2) is 39.9 Å². The predicted octanol–water partition coefficient (Wildman–Crippen LogP) is 2.62. The van der Waals surface area contributed by atoms with Crippen LogP contribution in [-0.2, 0) is 0 Å². The van der Waals surface area contributed by atoms with Crippen molar-refractivity contribution in [3.8, 4) is 5.69 Å². The van der Waals surface area contributed by atoms with Gasteiger partial charge in [0, 0.05) is 43.0 Å². The van der Waals surface area contributed by atoms with Crippen LogP contribution in [0.4, 0.5) is 0 Å². The molecule has 112 valence electrons. The summed E-state index contributed by atoms with van der Waals surface area (Å²) < 4.78 is 1.96. The van der Waals surface area contributed by atoms with Crippen molar-refractivity contribution in [1.29, 1.82) is 0 Å². The van der Waals surface area contributed by atoms with Gasteiger partial charge >= 0.3 is 0 Å². The standard InChI is InChI=1S/C17H24N4/c1-13-11-20(14(2)9-18-13)15(3)16-10-19-21(12-16)17-7-5-4-6-8-17/h4-8,10,12-15,18H,9,11H2,1-3H3. The molecule has 0 aliphatic carbocycles. The largest absolute Gasteiger partial charge is 0.311 e. The predicted molar refractivity (Wildman–Crippen MR) is 85.6 cm³/mol. The summed E-state index contributed by atoms with van der Waals surface area (Å²) in [5.41, 5.74) is 2.39. The monoisotopic (exact) mass is 284 g/mol. The first kappa shape index (κ1) is 14.3. The van der Waals surface area contributed by atoms with E-state index in [0.29, 0.717) is 18.1 Å². The second-order valence-electron chi connectivity index (χ2n) is 6.08. The number of benzene rings is 1. The molecule has 3 atom stereocenters. The summed E-state index contributed by atoms with van der Waals surface area (Å²) >= 11 is 0. The fourth-order valence-electron chi connectivity index (χ4n) is 3.06. The molecule has 1 aliphatic rings. The number of hydrogen-bond acceptors (Lipinski definition) is 3. The van der Waals surface area contributed by atoms with Crippen molar-refractivity contribution in [2.45, 2.75) is 38.9 Å². The maximum atomic E-state index is 4.52. The first-order valence-electron chi connectivity index (χ1n) is 7.74. The normalized spacial score (nSPS) is 24.9. The SMILES string of the molecule is CC1CN(C(C)c2cnn(-c3ccccc3)c2)C(C)CN1. The van der Waals surface area contributed by atoms with E-state index in [9.17, 15) is 0 Å². The summed E-state index contributed by atoms with van der Waals surface area (Å²) in [6, 6.07) is 11.8. The highest BCUT2D eigenvalue weighted by Crippen LogP contribution is 2.24. The van der Waals surface area contributed by atoms with Crippen LogP contribution in [0.3, 0.4) is 0 Å². The van der Waals surface area contributed by atoms with E-state index in [1.165, 1.54) is 5.56 Å². The van der Waals surface area contributed by atoms with Crippen LogP contribution < -0.4 is 5.32 Å². The molecule has 0 saturated carbocycles. The highest BCUT2D eigenvalue weighted by atomic mass is 15.3. The van der Waals surface area contributed by atoms with E-state index < -0.39 is 0 Å². The fraction of sp³-hybridized carbons (Fsp3) is 0.471. The van der Waals surface area contributed by atoms with Crippen molar-refractivity contribution < 1.29 is 0 Å². The Morgan fingerprint density at radius 1 is 1.24 bits per heavy atom. The minimum absolute atomic E-state index is 0.391. The number of nitrogens with zero attached hydrogens (tertiary/aromatic N) is 3.